The van der Waals surface area contributed by atoms with Crippen LogP contribution in [0.15, 0.2) is 53.3 Å². The average Bonchev–Trinajstić information content (AvgIpc) is 3.04. The number of aryl methyl sites for hydroxylation is 2. The Morgan fingerprint density at radius 3 is 2.29 bits per heavy atom. The summed E-state index contributed by atoms with van der Waals surface area (Å²) in [4.78, 5) is 39.7. The summed E-state index contributed by atoms with van der Waals surface area (Å²) in [6.07, 6.45) is 2.81. The van der Waals surface area contributed by atoms with E-state index in [4.69, 9.17) is 0 Å². The number of amides is 2. The maximum Gasteiger partial charge on any atom is 0.329 e. The average molecular weight is 422 g/mol. The minimum atomic E-state index is -0.450. The number of hydrogen-bond donors (Lipinski definition) is 2. The number of para-hydroxylation sites is 3. The summed E-state index contributed by atoms with van der Waals surface area (Å²) in [5, 5.41) is 0. The molecule has 0 bridgehead atoms. The monoisotopic (exact) mass is 421 g/mol. The molecule has 3 aromatic rings. The fourth-order valence-corrected chi connectivity index (χ4v) is 4.18. The Balaban J connectivity index is 1.39. The maximum absolute atomic E-state index is 12.8. The Hall–Kier alpha value is -3.55. The zero-order valence-electron chi connectivity index (χ0n) is 17.6. The fraction of sp³-hybridized carbons (Fsp3) is 0.348. The van der Waals surface area contributed by atoms with Gasteiger partial charge in [-0.3, -0.25) is 29.6 Å². The van der Waals surface area contributed by atoms with Crippen molar-refractivity contribution in [2.45, 2.75) is 39.3 Å². The van der Waals surface area contributed by atoms with Crippen LogP contribution in [0, 0.1) is 0 Å². The Labute approximate surface area is 180 Å². The molecule has 0 fully saturated rings. The molecule has 0 saturated heterocycles. The smallest absolute Gasteiger partial charge is 0.329 e. The van der Waals surface area contributed by atoms with Gasteiger partial charge in [-0.15, -0.1) is 0 Å². The second-order valence-electron chi connectivity index (χ2n) is 7.76. The van der Waals surface area contributed by atoms with Crippen LogP contribution in [0.3, 0.4) is 0 Å². The van der Waals surface area contributed by atoms with E-state index in [0.29, 0.717) is 12.1 Å². The molecule has 0 unspecified atom stereocenters. The molecular formula is C23H27N5O3. The molecule has 0 aliphatic carbocycles. The van der Waals surface area contributed by atoms with Gasteiger partial charge in [0.05, 0.1) is 17.6 Å². The van der Waals surface area contributed by atoms with E-state index in [1.54, 1.807) is 4.57 Å². The van der Waals surface area contributed by atoms with Crippen LogP contribution in [0.1, 0.15) is 25.3 Å². The molecule has 1 aromatic heterocycles. The van der Waals surface area contributed by atoms with Crippen molar-refractivity contribution in [2.75, 3.05) is 18.0 Å². The number of hydrogen-bond acceptors (Lipinski definition) is 4. The van der Waals surface area contributed by atoms with E-state index < -0.39 is 5.91 Å². The molecule has 8 heteroatoms. The van der Waals surface area contributed by atoms with Crippen LogP contribution in [0.4, 0.5) is 5.69 Å². The van der Waals surface area contributed by atoms with Crippen molar-refractivity contribution in [3.05, 3.63) is 64.6 Å². The fourth-order valence-electron chi connectivity index (χ4n) is 4.18. The summed E-state index contributed by atoms with van der Waals surface area (Å²) < 4.78 is 3.11. The molecule has 0 atom stereocenters. The van der Waals surface area contributed by atoms with Gasteiger partial charge in [0.25, 0.3) is 11.8 Å². The van der Waals surface area contributed by atoms with Crippen LogP contribution in [-0.4, -0.2) is 34.0 Å². The molecule has 1 aliphatic rings. The van der Waals surface area contributed by atoms with E-state index in [-0.39, 0.29) is 24.7 Å². The summed E-state index contributed by atoms with van der Waals surface area (Å²) in [5.41, 5.74) is 8.49. The molecule has 0 spiro atoms. The number of aromatic nitrogens is 2. The molecule has 2 N–H and O–H groups in total. The molecule has 0 radical (unpaired) electrons. The summed E-state index contributed by atoms with van der Waals surface area (Å²) >= 11 is 0. The Morgan fingerprint density at radius 1 is 0.903 bits per heavy atom. The number of fused-ring (bicyclic) bond motifs is 2. The molecule has 2 amide bonds. The van der Waals surface area contributed by atoms with Gasteiger partial charge in [0.1, 0.15) is 6.54 Å². The first-order valence-corrected chi connectivity index (χ1v) is 10.7. The van der Waals surface area contributed by atoms with E-state index in [1.165, 1.54) is 10.1 Å². The molecule has 2 aromatic carbocycles. The Kier molecular flexibility index (Phi) is 6.06. The van der Waals surface area contributed by atoms with Gasteiger partial charge in [-0.25, -0.2) is 4.79 Å². The highest BCUT2D eigenvalue weighted by molar-refractivity contribution is 5.86. The minimum Gasteiger partial charge on any atom is -0.362 e. The van der Waals surface area contributed by atoms with E-state index >= 15 is 0 Å². The van der Waals surface area contributed by atoms with Crippen molar-refractivity contribution < 1.29 is 9.59 Å². The lowest BCUT2D eigenvalue weighted by Gasteiger charge is -2.30. The summed E-state index contributed by atoms with van der Waals surface area (Å²) in [6, 6.07) is 15.5. The zero-order valence-corrected chi connectivity index (χ0v) is 17.6. The predicted octanol–water partition coefficient (Wildman–Crippen LogP) is 1.81. The first-order chi connectivity index (χ1) is 15.1. The molecule has 162 valence electrons. The van der Waals surface area contributed by atoms with Gasteiger partial charge in [-0.1, -0.05) is 37.3 Å². The zero-order chi connectivity index (χ0) is 21.8. The van der Waals surface area contributed by atoms with Crippen LogP contribution >= 0.6 is 0 Å². The third kappa shape index (κ3) is 4.33. The van der Waals surface area contributed by atoms with Gasteiger partial charge in [-0.05, 0) is 43.0 Å². The Morgan fingerprint density at radius 2 is 1.55 bits per heavy atom. The van der Waals surface area contributed by atoms with E-state index in [2.05, 4.69) is 16.9 Å². The molecule has 31 heavy (non-hydrogen) atoms. The number of rotatable bonds is 6. The van der Waals surface area contributed by atoms with Crippen molar-refractivity contribution in [3.8, 4) is 0 Å². The van der Waals surface area contributed by atoms with Crippen molar-refractivity contribution in [2.24, 2.45) is 0 Å². The van der Waals surface area contributed by atoms with Crippen molar-refractivity contribution in [3.63, 3.8) is 0 Å². The van der Waals surface area contributed by atoms with Gasteiger partial charge in [-0.2, -0.15) is 0 Å². The van der Waals surface area contributed by atoms with Gasteiger partial charge >= 0.3 is 5.69 Å². The predicted molar refractivity (Wildman–Crippen MR) is 120 cm³/mol. The molecule has 1 aliphatic heterocycles. The number of carbonyl (C=O) groups is 2. The third-order valence-corrected chi connectivity index (χ3v) is 5.56. The van der Waals surface area contributed by atoms with E-state index in [1.807, 2.05) is 54.3 Å². The van der Waals surface area contributed by atoms with Crippen molar-refractivity contribution >= 4 is 28.5 Å². The van der Waals surface area contributed by atoms with Gasteiger partial charge in [0, 0.05) is 18.8 Å². The highest BCUT2D eigenvalue weighted by Crippen LogP contribution is 2.26. The van der Waals surface area contributed by atoms with Gasteiger partial charge < -0.3 is 4.90 Å². The highest BCUT2D eigenvalue weighted by atomic mass is 16.2. The number of benzene rings is 2. The largest absolute Gasteiger partial charge is 0.362 e. The van der Waals surface area contributed by atoms with Crippen molar-refractivity contribution in [1.82, 2.24) is 20.0 Å². The Bertz CT molecular complexity index is 1160. The quantitative estimate of drug-likeness (QED) is 0.594. The molecule has 4 rings (SSSR count). The van der Waals surface area contributed by atoms with Crippen molar-refractivity contribution in [1.29, 1.82) is 0 Å². The third-order valence-electron chi connectivity index (χ3n) is 5.56. The number of imidazole rings is 1. The number of anilines is 1. The minimum absolute atomic E-state index is 0.160. The number of nitrogens with zero attached hydrogens (tertiary/aromatic N) is 3. The lowest BCUT2D eigenvalue weighted by atomic mass is 10.0. The van der Waals surface area contributed by atoms with E-state index in [9.17, 15) is 14.4 Å². The molecular weight excluding hydrogens is 394 g/mol. The highest BCUT2D eigenvalue weighted by Gasteiger charge is 2.19. The molecule has 8 nitrogen and oxygen atoms in total. The first kappa shape index (κ1) is 20.7. The van der Waals surface area contributed by atoms with Crippen LogP contribution in [0.2, 0.25) is 0 Å². The number of nitrogens with one attached hydrogen (secondary N) is 2. The SMILES string of the molecule is CCCn1c(=O)n(CC(=O)NNC(=O)CN2CCCc3ccccc32)c2ccccc21. The second-order valence-corrected chi connectivity index (χ2v) is 7.76. The normalized spacial score (nSPS) is 13.1. The van der Waals surface area contributed by atoms with Crippen LogP contribution < -0.4 is 21.4 Å². The van der Waals surface area contributed by atoms with Gasteiger partial charge in [0.15, 0.2) is 0 Å². The van der Waals surface area contributed by atoms with E-state index in [0.717, 1.165) is 37.0 Å². The van der Waals surface area contributed by atoms with Crippen LogP contribution in [0.25, 0.3) is 11.0 Å². The van der Waals surface area contributed by atoms with Crippen LogP contribution in [-0.2, 0) is 29.1 Å². The first-order valence-electron chi connectivity index (χ1n) is 10.7. The topological polar surface area (TPSA) is 88.4 Å². The summed E-state index contributed by atoms with van der Waals surface area (Å²) in [5.74, 6) is -0.750. The number of carbonyl (C=O) groups excluding carboxylic acids is 2. The molecule has 2 heterocycles. The summed E-state index contributed by atoms with van der Waals surface area (Å²) in [6.45, 7) is 3.38. The molecule has 0 saturated carbocycles. The second kappa shape index (κ2) is 9.07. The lowest BCUT2D eigenvalue weighted by Crippen LogP contribution is -2.48. The number of hydrazine groups is 1. The maximum atomic E-state index is 12.8. The standard InChI is InChI=1S/C23H27N5O3/c1-2-13-27-19-11-5-6-12-20(19)28(23(27)31)16-22(30)25-24-21(29)15-26-14-7-9-17-8-3-4-10-18(17)26/h3-6,8,10-12H,2,7,9,13-16H2,1H3,(H,24,29)(H,25,30). The summed E-state index contributed by atoms with van der Waals surface area (Å²) in [7, 11) is 0. The lowest BCUT2D eigenvalue weighted by molar-refractivity contribution is -0.128. The van der Waals surface area contributed by atoms with Crippen LogP contribution in [0.5, 0.6) is 0 Å². The van der Waals surface area contributed by atoms with Gasteiger partial charge in [0.2, 0.25) is 0 Å².